The van der Waals surface area contributed by atoms with Crippen LogP contribution in [0.3, 0.4) is 0 Å². The summed E-state index contributed by atoms with van der Waals surface area (Å²) >= 11 is 0. The van der Waals surface area contributed by atoms with Crippen molar-refractivity contribution in [3.05, 3.63) is 93.4 Å². The number of carbonyl (C=O) groups excluding carboxylic acids is 4. The second-order valence-corrected chi connectivity index (χ2v) is 11.2. The number of nitroso groups, excluding NO2 is 1. The van der Waals surface area contributed by atoms with Gasteiger partial charge >= 0.3 is 29.8 Å². The Morgan fingerprint density at radius 1 is 0.368 bits per heavy atom. The molecule has 0 bridgehead atoms. The van der Waals surface area contributed by atoms with Crippen LogP contribution in [-0.2, 0) is 0 Å². The van der Waals surface area contributed by atoms with E-state index in [1.807, 2.05) is 0 Å². The van der Waals surface area contributed by atoms with Gasteiger partial charge in [0.25, 0.3) is 0 Å². The van der Waals surface area contributed by atoms with E-state index in [2.05, 4.69) is 5.18 Å². The molecule has 0 amide bonds. The Bertz CT molecular complexity index is 2540. The van der Waals surface area contributed by atoms with Crippen LogP contribution in [-0.4, -0.2) is 86.0 Å². The van der Waals surface area contributed by atoms with Crippen molar-refractivity contribution in [3.8, 4) is 80.5 Å². The lowest BCUT2D eigenvalue weighted by Gasteiger charge is -2.13. The first-order valence-electron chi connectivity index (χ1n) is 15.0. The maximum atomic E-state index is 13.2. The number of carboxylic acids is 1. The average molecular weight is 792 g/mol. The van der Waals surface area contributed by atoms with E-state index in [-0.39, 0.29) is 0 Å². The standard InChI is InChI=1S/C35H21NO21/c37-17-3-13(4-18(38)27(17)43)33(50)57-25-9-14(5-20(40)30(25)46)34(51)54-22-8-12(1-16(36-53)26(22)42)32(49)56-24-10-15(6-21(41)29(24)45)35(52)55-23-7-11(31(47)48)2-19(39)28(23)44/h1-10,37-46H,(H,47,48). The summed E-state index contributed by atoms with van der Waals surface area (Å²) in [6.45, 7) is 0. The zero-order chi connectivity index (χ0) is 42.0. The molecular weight excluding hydrogens is 770 g/mol. The molecule has 0 aliphatic carbocycles. The van der Waals surface area contributed by atoms with Crippen LogP contribution in [0.15, 0.2) is 65.8 Å². The smallest absolute Gasteiger partial charge is 0.343 e. The molecule has 11 N–H and O–H groups in total. The number of benzene rings is 5. The summed E-state index contributed by atoms with van der Waals surface area (Å²) in [5.74, 6) is -21.5. The van der Waals surface area contributed by atoms with Crippen molar-refractivity contribution in [2.24, 2.45) is 5.18 Å². The lowest BCUT2D eigenvalue weighted by Crippen LogP contribution is -2.13. The molecule has 0 aromatic heterocycles. The van der Waals surface area contributed by atoms with Gasteiger partial charge in [0.05, 0.1) is 27.8 Å². The second kappa shape index (κ2) is 15.2. The van der Waals surface area contributed by atoms with Crippen molar-refractivity contribution in [1.82, 2.24) is 0 Å². The number of ether oxygens (including phenoxy) is 4. The van der Waals surface area contributed by atoms with Gasteiger partial charge in [-0.1, -0.05) is 0 Å². The molecule has 0 atom stereocenters. The molecule has 0 fully saturated rings. The quantitative estimate of drug-likeness (QED) is 0.0415. The van der Waals surface area contributed by atoms with Crippen LogP contribution in [0.25, 0.3) is 0 Å². The molecule has 0 spiro atoms. The first kappa shape index (κ1) is 39.3. The fraction of sp³-hybridized carbons (Fsp3) is 0. The summed E-state index contributed by atoms with van der Waals surface area (Å²) in [7, 11) is 0. The number of esters is 4. The maximum absolute atomic E-state index is 13.2. The number of rotatable bonds is 10. The zero-order valence-electron chi connectivity index (χ0n) is 27.7. The average Bonchev–Trinajstić information content (AvgIpc) is 3.15. The van der Waals surface area contributed by atoms with Gasteiger partial charge in [-0.05, 0) is 65.8 Å². The predicted octanol–water partition coefficient (Wildman–Crippen LogP) is 3.72. The number of phenolic OH excluding ortho intramolecular Hbond substituents is 10. The van der Waals surface area contributed by atoms with Gasteiger partial charge in [0.15, 0.2) is 68.9 Å². The van der Waals surface area contributed by atoms with Gasteiger partial charge in [-0.25, -0.2) is 24.0 Å². The number of nitrogens with zero attached hydrogens (tertiary/aromatic N) is 1. The summed E-state index contributed by atoms with van der Waals surface area (Å²) in [4.78, 5) is 74.5. The molecule has 22 nitrogen and oxygen atoms in total. The van der Waals surface area contributed by atoms with Crippen LogP contribution in [0.2, 0.25) is 0 Å². The Morgan fingerprint density at radius 2 is 0.632 bits per heavy atom. The molecule has 22 heteroatoms. The largest absolute Gasteiger partial charge is 0.504 e. The predicted molar refractivity (Wildman–Crippen MR) is 181 cm³/mol. The molecule has 57 heavy (non-hydrogen) atoms. The van der Waals surface area contributed by atoms with E-state index in [1.165, 1.54) is 0 Å². The summed E-state index contributed by atoms with van der Waals surface area (Å²) in [6.07, 6.45) is 0. The van der Waals surface area contributed by atoms with Gasteiger partial charge in [-0.2, -0.15) is 0 Å². The van der Waals surface area contributed by atoms with Crippen molar-refractivity contribution in [2.75, 3.05) is 0 Å². The van der Waals surface area contributed by atoms with Gasteiger partial charge in [0, 0.05) is 0 Å². The van der Waals surface area contributed by atoms with E-state index in [4.69, 9.17) is 18.9 Å². The summed E-state index contributed by atoms with van der Waals surface area (Å²) < 4.78 is 19.9. The molecule has 0 saturated heterocycles. The molecule has 0 heterocycles. The highest BCUT2D eigenvalue weighted by Gasteiger charge is 2.26. The molecule has 0 aliphatic heterocycles. The molecule has 0 unspecified atom stereocenters. The number of aromatic carboxylic acids is 1. The van der Waals surface area contributed by atoms with Crippen LogP contribution in [0.1, 0.15) is 51.8 Å². The van der Waals surface area contributed by atoms with Gasteiger partial charge < -0.3 is 75.1 Å². The topological polar surface area (TPSA) is 374 Å². The maximum Gasteiger partial charge on any atom is 0.343 e. The van der Waals surface area contributed by atoms with Crippen LogP contribution in [0.5, 0.6) is 80.5 Å². The summed E-state index contributed by atoms with van der Waals surface area (Å²) in [5.41, 5.74) is -4.26. The fourth-order valence-electron chi connectivity index (χ4n) is 4.59. The first-order chi connectivity index (χ1) is 26.8. The third-order valence-corrected chi connectivity index (χ3v) is 7.39. The molecular formula is C35H21NO21. The third-order valence-electron chi connectivity index (χ3n) is 7.39. The Balaban J connectivity index is 1.40. The van der Waals surface area contributed by atoms with Crippen molar-refractivity contribution in [3.63, 3.8) is 0 Å². The number of aromatic hydroxyl groups is 10. The van der Waals surface area contributed by atoms with Crippen LogP contribution >= 0.6 is 0 Å². The Kier molecular flexibility index (Phi) is 10.5. The molecule has 5 aromatic rings. The van der Waals surface area contributed by atoms with E-state index in [1.54, 1.807) is 0 Å². The third kappa shape index (κ3) is 8.03. The molecule has 0 radical (unpaired) electrons. The van der Waals surface area contributed by atoms with E-state index < -0.39 is 144 Å². The monoisotopic (exact) mass is 791 g/mol. The van der Waals surface area contributed by atoms with E-state index in [0.717, 1.165) is 0 Å². The van der Waals surface area contributed by atoms with Gasteiger partial charge in [0.1, 0.15) is 0 Å². The van der Waals surface area contributed by atoms with Crippen molar-refractivity contribution in [1.29, 1.82) is 0 Å². The minimum absolute atomic E-state index is 0.572. The van der Waals surface area contributed by atoms with Crippen molar-refractivity contribution in [2.45, 2.75) is 0 Å². The SMILES string of the molecule is O=Nc1cc(C(=O)Oc2cc(C(=O)Oc3cc(C(=O)O)cc(O)c3O)cc(O)c2O)cc(OC(=O)c2cc(O)c(O)c(OC(=O)c3cc(O)c(O)c(O)c3)c2)c1O. The first-order valence-corrected chi connectivity index (χ1v) is 15.0. The van der Waals surface area contributed by atoms with Crippen molar-refractivity contribution >= 4 is 35.5 Å². The molecule has 292 valence electrons. The van der Waals surface area contributed by atoms with Crippen molar-refractivity contribution < 1.29 is 99.1 Å². The Labute approximate surface area is 313 Å². The number of carbonyl (C=O) groups is 5. The van der Waals surface area contributed by atoms with Crippen LogP contribution in [0.4, 0.5) is 5.69 Å². The van der Waals surface area contributed by atoms with Gasteiger partial charge in [-0.3, -0.25) is 0 Å². The fourth-order valence-corrected chi connectivity index (χ4v) is 4.59. The van der Waals surface area contributed by atoms with E-state index in [0.29, 0.717) is 60.7 Å². The highest BCUT2D eigenvalue weighted by molar-refractivity contribution is 5.98. The molecule has 0 saturated carbocycles. The Morgan fingerprint density at radius 3 is 0.965 bits per heavy atom. The van der Waals surface area contributed by atoms with Gasteiger partial charge in [0.2, 0.25) is 17.2 Å². The number of hydrogen-bond donors (Lipinski definition) is 11. The number of phenols is 10. The van der Waals surface area contributed by atoms with Gasteiger partial charge in [-0.15, -0.1) is 4.91 Å². The lowest BCUT2D eigenvalue weighted by molar-refractivity contribution is 0.0684. The van der Waals surface area contributed by atoms with E-state index in [9.17, 15) is 85.1 Å². The highest BCUT2D eigenvalue weighted by Crippen LogP contribution is 2.43. The molecule has 5 rings (SSSR count). The van der Waals surface area contributed by atoms with E-state index >= 15 is 0 Å². The Hall–Kier alpha value is -8.95. The molecule has 0 aliphatic rings. The summed E-state index contributed by atoms with van der Waals surface area (Å²) in [6, 6.07) is 6.36. The minimum atomic E-state index is -1.58. The van der Waals surface area contributed by atoms with Crippen LogP contribution in [0, 0.1) is 4.91 Å². The number of hydrogen-bond acceptors (Lipinski definition) is 21. The zero-order valence-corrected chi connectivity index (χ0v) is 27.7. The lowest BCUT2D eigenvalue weighted by atomic mass is 10.1. The normalized spacial score (nSPS) is 10.6. The molecule has 5 aromatic carbocycles. The number of carboxylic acid groups (broad SMARTS) is 1. The second-order valence-electron chi connectivity index (χ2n) is 11.2. The summed E-state index contributed by atoms with van der Waals surface area (Å²) in [5, 5.41) is 112. The van der Waals surface area contributed by atoms with Crippen LogP contribution < -0.4 is 18.9 Å². The highest BCUT2D eigenvalue weighted by atomic mass is 16.6. The minimum Gasteiger partial charge on any atom is -0.504 e.